The number of nitrogens with zero attached hydrogens (tertiary/aromatic N) is 3. The Labute approximate surface area is 247 Å². The summed E-state index contributed by atoms with van der Waals surface area (Å²) in [5.41, 5.74) is 3.27. The van der Waals surface area contributed by atoms with E-state index in [1.807, 2.05) is 56.0 Å². The molecule has 41 heavy (non-hydrogen) atoms. The Morgan fingerprint density at radius 1 is 1.15 bits per heavy atom. The maximum Gasteiger partial charge on any atom is 0.410 e. The topological polar surface area (TPSA) is 83.4 Å². The number of rotatable bonds is 8. The molecule has 1 N–H and O–H groups in total. The third-order valence-electron chi connectivity index (χ3n) is 8.30. The molecule has 220 valence electrons. The largest absolute Gasteiger partial charge is 0.444 e. The number of aromatic nitrogens is 1. The van der Waals surface area contributed by atoms with Crippen LogP contribution in [0.2, 0.25) is 5.02 Å². The van der Waals surface area contributed by atoms with Crippen molar-refractivity contribution < 1.29 is 18.7 Å². The number of halogens is 1. The summed E-state index contributed by atoms with van der Waals surface area (Å²) in [4.78, 5) is 21.9. The van der Waals surface area contributed by atoms with E-state index in [9.17, 15) is 4.79 Å². The van der Waals surface area contributed by atoms with E-state index in [-0.39, 0.29) is 18.4 Å². The number of epoxide rings is 1. The van der Waals surface area contributed by atoms with Crippen LogP contribution in [0, 0.1) is 5.92 Å². The van der Waals surface area contributed by atoms with Crippen LogP contribution < -0.4 is 5.32 Å². The standard InChI is InChI=1S/C32H41ClN4O4/c1-32(2,3)41-31(38)36-15-7-9-22(19-36)20-37(25-11-4-5-12-25)29-28(40-29)23-13-14-27-26(17-23)35-30(39-27)34-18-21-8-6-10-24(33)16-21/h6,8,10,13-14,16-17,22,25,28-29H,4-5,7,9,11-12,15,18-20H2,1-3H3,(H,34,35). The van der Waals surface area contributed by atoms with E-state index in [1.54, 1.807) is 0 Å². The lowest BCUT2D eigenvalue weighted by Crippen LogP contribution is -2.47. The number of fused-ring (bicyclic) bond motifs is 1. The van der Waals surface area contributed by atoms with Gasteiger partial charge in [0.1, 0.15) is 23.4 Å². The van der Waals surface area contributed by atoms with Gasteiger partial charge in [0, 0.05) is 37.2 Å². The van der Waals surface area contributed by atoms with Crippen molar-refractivity contribution in [1.29, 1.82) is 0 Å². The van der Waals surface area contributed by atoms with E-state index in [2.05, 4.69) is 27.3 Å². The second-order valence-corrected chi connectivity index (χ2v) is 13.2. The molecular formula is C32H41ClN4O4. The lowest BCUT2D eigenvalue weighted by Gasteiger charge is -2.37. The molecule has 9 heteroatoms. The number of oxazole rings is 1. The number of nitrogens with one attached hydrogen (secondary N) is 1. The number of hydrogen-bond acceptors (Lipinski definition) is 7. The molecule has 3 unspecified atom stereocenters. The van der Waals surface area contributed by atoms with Crippen LogP contribution in [0.25, 0.3) is 11.1 Å². The molecule has 1 aromatic heterocycles. The predicted molar refractivity (Wildman–Crippen MR) is 160 cm³/mol. The fourth-order valence-corrected chi connectivity index (χ4v) is 6.54. The Kier molecular flexibility index (Phi) is 8.16. The van der Waals surface area contributed by atoms with Gasteiger partial charge in [-0.05, 0) is 87.8 Å². The van der Waals surface area contributed by atoms with E-state index < -0.39 is 5.60 Å². The fraction of sp³-hybridized carbons (Fsp3) is 0.562. The molecule has 0 spiro atoms. The summed E-state index contributed by atoms with van der Waals surface area (Å²) < 4.78 is 18.0. The van der Waals surface area contributed by atoms with Crippen LogP contribution in [0.15, 0.2) is 46.9 Å². The molecule has 3 aromatic rings. The lowest BCUT2D eigenvalue weighted by atomic mass is 9.96. The predicted octanol–water partition coefficient (Wildman–Crippen LogP) is 7.38. The van der Waals surface area contributed by atoms with Gasteiger partial charge in [0.25, 0.3) is 6.01 Å². The van der Waals surface area contributed by atoms with Crippen molar-refractivity contribution in [2.75, 3.05) is 25.0 Å². The van der Waals surface area contributed by atoms with Crippen molar-refractivity contribution in [2.24, 2.45) is 5.92 Å². The van der Waals surface area contributed by atoms with E-state index in [1.165, 1.54) is 25.7 Å². The van der Waals surface area contributed by atoms with Gasteiger partial charge in [0.2, 0.25) is 0 Å². The van der Waals surface area contributed by atoms with Gasteiger partial charge in [0.15, 0.2) is 5.58 Å². The van der Waals surface area contributed by atoms with Crippen LogP contribution in [0.5, 0.6) is 0 Å². The SMILES string of the molecule is CC(C)(C)OC(=O)N1CCCC(CN(C2CCCC2)C2OC2c2ccc3oc(NCc4cccc(Cl)c4)nc3c2)C1. The zero-order chi connectivity index (χ0) is 28.6. The third kappa shape index (κ3) is 6.99. The first-order chi connectivity index (χ1) is 19.7. The van der Waals surface area contributed by atoms with Gasteiger partial charge in [-0.15, -0.1) is 0 Å². The van der Waals surface area contributed by atoms with Crippen LogP contribution in [-0.4, -0.2) is 58.4 Å². The summed E-state index contributed by atoms with van der Waals surface area (Å²) in [6, 6.07) is 14.9. The third-order valence-corrected chi connectivity index (χ3v) is 8.54. The maximum atomic E-state index is 12.8. The smallest absolute Gasteiger partial charge is 0.410 e. The molecule has 6 rings (SSSR count). The number of ether oxygens (including phenoxy) is 2. The quantitative estimate of drug-likeness (QED) is 0.278. The molecule has 1 amide bonds. The molecule has 2 aliphatic heterocycles. The molecule has 8 nitrogen and oxygen atoms in total. The summed E-state index contributed by atoms with van der Waals surface area (Å²) >= 11 is 6.11. The molecule has 2 saturated heterocycles. The van der Waals surface area contributed by atoms with Crippen molar-refractivity contribution in [3.63, 3.8) is 0 Å². The molecule has 3 aliphatic rings. The second-order valence-electron chi connectivity index (χ2n) is 12.7. The zero-order valence-corrected chi connectivity index (χ0v) is 25.0. The van der Waals surface area contributed by atoms with E-state index in [4.69, 9.17) is 25.5 Å². The lowest BCUT2D eigenvalue weighted by molar-refractivity contribution is 0.0112. The number of likely N-dealkylation sites (tertiary alicyclic amines) is 1. The highest BCUT2D eigenvalue weighted by Gasteiger charge is 2.48. The Hall–Kier alpha value is -2.81. The number of hydrogen-bond donors (Lipinski definition) is 1. The molecule has 1 aliphatic carbocycles. The van der Waals surface area contributed by atoms with Crippen molar-refractivity contribution in [3.8, 4) is 0 Å². The Morgan fingerprint density at radius 3 is 2.76 bits per heavy atom. The number of piperidine rings is 1. The molecule has 1 saturated carbocycles. The van der Waals surface area contributed by atoms with Gasteiger partial charge >= 0.3 is 6.09 Å². The first-order valence-electron chi connectivity index (χ1n) is 15.0. The molecule has 0 radical (unpaired) electrons. The van der Waals surface area contributed by atoms with E-state index >= 15 is 0 Å². The summed E-state index contributed by atoms with van der Waals surface area (Å²) in [5, 5.41) is 3.97. The number of amides is 1. The normalized spacial score (nSPS) is 23.3. The Bertz CT molecular complexity index is 1370. The summed E-state index contributed by atoms with van der Waals surface area (Å²) in [7, 11) is 0. The Morgan fingerprint density at radius 2 is 1.98 bits per heavy atom. The average Bonchev–Trinajstić information content (AvgIpc) is 3.33. The summed E-state index contributed by atoms with van der Waals surface area (Å²) in [6.07, 6.45) is 6.95. The number of anilines is 1. The average molecular weight is 581 g/mol. The van der Waals surface area contributed by atoms with Crippen molar-refractivity contribution >= 4 is 34.8 Å². The number of carbonyl (C=O) groups is 1. The highest BCUT2D eigenvalue weighted by atomic mass is 35.5. The monoisotopic (exact) mass is 580 g/mol. The van der Waals surface area contributed by atoms with Gasteiger partial charge in [-0.2, -0.15) is 4.98 Å². The van der Waals surface area contributed by atoms with Crippen molar-refractivity contribution in [1.82, 2.24) is 14.8 Å². The summed E-state index contributed by atoms with van der Waals surface area (Å²) in [5.74, 6) is 0.410. The van der Waals surface area contributed by atoms with Gasteiger partial charge in [-0.3, -0.25) is 4.90 Å². The van der Waals surface area contributed by atoms with Gasteiger partial charge in [-0.1, -0.05) is 42.6 Å². The molecule has 3 heterocycles. The Balaban J connectivity index is 1.11. The zero-order valence-electron chi connectivity index (χ0n) is 24.3. The highest BCUT2D eigenvalue weighted by Crippen LogP contribution is 2.45. The van der Waals surface area contributed by atoms with Crippen LogP contribution in [0.4, 0.5) is 10.8 Å². The van der Waals surface area contributed by atoms with Crippen LogP contribution in [0.1, 0.15) is 76.5 Å². The molecule has 2 aromatic carbocycles. The first-order valence-corrected chi connectivity index (χ1v) is 15.4. The minimum atomic E-state index is -0.479. The van der Waals surface area contributed by atoms with Crippen LogP contribution in [0.3, 0.4) is 0 Å². The van der Waals surface area contributed by atoms with E-state index in [0.717, 1.165) is 54.7 Å². The van der Waals surface area contributed by atoms with Gasteiger partial charge in [-0.25, -0.2) is 4.79 Å². The number of benzene rings is 2. The molecule has 3 atom stereocenters. The minimum Gasteiger partial charge on any atom is -0.444 e. The maximum absolute atomic E-state index is 12.8. The minimum absolute atomic E-state index is 0.0186. The fourth-order valence-electron chi connectivity index (χ4n) is 6.32. The van der Waals surface area contributed by atoms with E-state index in [0.29, 0.717) is 29.5 Å². The molecule has 3 fully saturated rings. The van der Waals surface area contributed by atoms with Gasteiger partial charge in [0.05, 0.1) is 0 Å². The number of carbonyl (C=O) groups excluding carboxylic acids is 1. The van der Waals surface area contributed by atoms with Crippen molar-refractivity contribution in [3.05, 3.63) is 58.6 Å². The van der Waals surface area contributed by atoms with Crippen LogP contribution in [-0.2, 0) is 16.0 Å². The van der Waals surface area contributed by atoms with Crippen LogP contribution >= 0.6 is 11.6 Å². The first kappa shape index (κ1) is 28.3. The van der Waals surface area contributed by atoms with Gasteiger partial charge < -0.3 is 24.1 Å². The molecule has 0 bridgehead atoms. The highest BCUT2D eigenvalue weighted by molar-refractivity contribution is 6.30. The summed E-state index contributed by atoms with van der Waals surface area (Å²) in [6.45, 7) is 8.80. The van der Waals surface area contributed by atoms with Crippen molar-refractivity contribution in [2.45, 2.75) is 89.8 Å². The second kappa shape index (κ2) is 11.8. The molecular weight excluding hydrogens is 540 g/mol.